The van der Waals surface area contributed by atoms with Gasteiger partial charge in [-0.2, -0.15) is 4.68 Å². The van der Waals surface area contributed by atoms with Crippen molar-refractivity contribution < 1.29 is 24.2 Å². The summed E-state index contributed by atoms with van der Waals surface area (Å²) in [5.41, 5.74) is 4.98. The maximum atomic E-state index is 12.9. The van der Waals surface area contributed by atoms with E-state index in [4.69, 9.17) is 32.7 Å². The summed E-state index contributed by atoms with van der Waals surface area (Å²) >= 11 is 12.7. The number of hydrogen-bond acceptors (Lipinski definition) is 7. The highest BCUT2D eigenvalue weighted by Gasteiger charge is 2.30. The topological polar surface area (TPSA) is 97.1 Å². The molecule has 0 atom stereocenters. The van der Waals surface area contributed by atoms with Crippen molar-refractivity contribution in [1.82, 2.24) is 14.7 Å². The Morgan fingerprint density at radius 1 is 0.959 bits per heavy atom. The summed E-state index contributed by atoms with van der Waals surface area (Å²) in [6.45, 7) is 14.2. The van der Waals surface area contributed by atoms with E-state index in [-0.39, 0.29) is 27.6 Å². The second kappa shape index (κ2) is 13.7. The van der Waals surface area contributed by atoms with E-state index < -0.39 is 17.7 Å². The van der Waals surface area contributed by atoms with E-state index in [1.807, 2.05) is 18.2 Å². The van der Waals surface area contributed by atoms with Crippen LogP contribution in [-0.2, 0) is 4.74 Å². The SMILES string of the molecule is CC1(C)CCC(CN2CCN(c3ccc(C(=O)O)c(Oc4cccc5c4c(Cl)nn5C(=O)OC(C)(C)C)c3)CC2)=C(c2ccc(Cl)cc2)C1. The summed E-state index contributed by atoms with van der Waals surface area (Å²) in [6, 6.07) is 18.4. The Morgan fingerprint density at radius 2 is 1.67 bits per heavy atom. The number of rotatable bonds is 7. The number of carboxylic acid groups (broad SMARTS) is 1. The number of anilines is 1. The molecule has 0 spiro atoms. The number of halogens is 2. The van der Waals surface area contributed by atoms with Crippen LogP contribution >= 0.6 is 23.2 Å². The maximum absolute atomic E-state index is 12.9. The van der Waals surface area contributed by atoms with Gasteiger partial charge in [0.25, 0.3) is 0 Å². The zero-order valence-electron chi connectivity index (χ0n) is 28.6. The molecule has 11 heteroatoms. The van der Waals surface area contributed by atoms with Crippen LogP contribution in [0.5, 0.6) is 11.5 Å². The normalized spacial score (nSPS) is 17.0. The number of carbonyl (C=O) groups is 2. The van der Waals surface area contributed by atoms with Gasteiger partial charge in [-0.3, -0.25) is 4.90 Å². The Hall–Kier alpha value is -4.05. The molecule has 1 aromatic heterocycles. The van der Waals surface area contributed by atoms with Crippen LogP contribution in [0.2, 0.25) is 10.2 Å². The lowest BCUT2D eigenvalue weighted by molar-refractivity contribution is 0.0522. The Balaban J connectivity index is 1.21. The number of aromatic carboxylic acids is 1. The van der Waals surface area contributed by atoms with Gasteiger partial charge in [-0.1, -0.05) is 60.8 Å². The lowest BCUT2D eigenvalue weighted by atomic mass is 9.72. The van der Waals surface area contributed by atoms with E-state index >= 15 is 0 Å². The highest BCUT2D eigenvalue weighted by molar-refractivity contribution is 6.35. The van der Waals surface area contributed by atoms with Crippen LogP contribution in [0.1, 0.15) is 69.8 Å². The van der Waals surface area contributed by atoms with Gasteiger partial charge in [0, 0.05) is 49.5 Å². The summed E-state index contributed by atoms with van der Waals surface area (Å²) in [6.07, 6.45) is 2.61. The number of carbonyl (C=O) groups excluding carboxylic acids is 1. The maximum Gasteiger partial charge on any atom is 0.435 e. The van der Waals surface area contributed by atoms with Crippen molar-refractivity contribution in [3.05, 3.63) is 87.5 Å². The van der Waals surface area contributed by atoms with Crippen LogP contribution in [0.25, 0.3) is 16.5 Å². The van der Waals surface area contributed by atoms with Crippen molar-refractivity contribution in [1.29, 1.82) is 0 Å². The smallest absolute Gasteiger partial charge is 0.435 e. The van der Waals surface area contributed by atoms with Crippen LogP contribution in [0.4, 0.5) is 10.5 Å². The van der Waals surface area contributed by atoms with Crippen molar-refractivity contribution in [3.8, 4) is 11.5 Å². The fraction of sp³-hybridized carbons (Fsp3) is 0.395. The van der Waals surface area contributed by atoms with Crippen LogP contribution in [0.15, 0.2) is 66.2 Å². The number of ether oxygens (including phenoxy) is 2. The first kappa shape index (κ1) is 34.8. The number of allylic oxidation sites excluding steroid dienone is 1. The van der Waals surface area contributed by atoms with Crippen LogP contribution in [0.3, 0.4) is 0 Å². The number of benzene rings is 3. The fourth-order valence-electron chi connectivity index (χ4n) is 6.61. The Bertz CT molecular complexity index is 1920. The molecule has 2 heterocycles. The molecule has 1 aliphatic carbocycles. The van der Waals surface area contributed by atoms with E-state index in [9.17, 15) is 14.7 Å². The summed E-state index contributed by atoms with van der Waals surface area (Å²) in [5, 5.41) is 15.4. The summed E-state index contributed by atoms with van der Waals surface area (Å²) in [4.78, 5) is 29.9. The predicted molar refractivity (Wildman–Crippen MR) is 195 cm³/mol. The highest BCUT2D eigenvalue weighted by Crippen LogP contribution is 2.43. The van der Waals surface area contributed by atoms with Crippen molar-refractivity contribution in [3.63, 3.8) is 0 Å². The van der Waals surface area contributed by atoms with Gasteiger partial charge in [-0.15, -0.1) is 5.10 Å². The molecule has 49 heavy (non-hydrogen) atoms. The molecule has 9 nitrogen and oxygen atoms in total. The van der Waals surface area contributed by atoms with Crippen molar-refractivity contribution in [2.24, 2.45) is 5.41 Å². The molecule has 0 saturated carbocycles. The predicted octanol–water partition coefficient (Wildman–Crippen LogP) is 9.40. The van der Waals surface area contributed by atoms with Gasteiger partial charge < -0.3 is 19.5 Å². The van der Waals surface area contributed by atoms with E-state index in [0.717, 1.165) is 61.0 Å². The quantitative estimate of drug-likeness (QED) is 0.203. The highest BCUT2D eigenvalue weighted by atomic mass is 35.5. The van der Waals surface area contributed by atoms with Crippen LogP contribution < -0.4 is 9.64 Å². The molecule has 258 valence electrons. The van der Waals surface area contributed by atoms with Gasteiger partial charge in [0.15, 0.2) is 5.15 Å². The first-order valence-electron chi connectivity index (χ1n) is 16.6. The number of nitrogens with zero attached hydrogens (tertiary/aromatic N) is 4. The largest absolute Gasteiger partial charge is 0.478 e. The minimum atomic E-state index is -1.12. The van der Waals surface area contributed by atoms with E-state index in [0.29, 0.717) is 10.9 Å². The second-order valence-electron chi connectivity index (χ2n) is 14.6. The molecule has 0 amide bonds. The molecule has 1 saturated heterocycles. The third-order valence-corrected chi connectivity index (χ3v) is 9.66. The molecule has 4 aromatic rings. The average Bonchev–Trinajstić information content (AvgIpc) is 3.39. The van der Waals surface area contributed by atoms with Gasteiger partial charge in [-0.05, 0) is 93.0 Å². The lowest BCUT2D eigenvalue weighted by Crippen LogP contribution is -2.47. The van der Waals surface area contributed by atoms with Crippen molar-refractivity contribution >= 4 is 57.4 Å². The zero-order valence-corrected chi connectivity index (χ0v) is 30.1. The molecular formula is C38H42Cl2N4O5. The first-order chi connectivity index (χ1) is 23.2. The minimum absolute atomic E-state index is 0.0111. The van der Waals surface area contributed by atoms with Gasteiger partial charge in [0.2, 0.25) is 0 Å². The minimum Gasteiger partial charge on any atom is -0.478 e. The van der Waals surface area contributed by atoms with Crippen LogP contribution in [0, 0.1) is 5.41 Å². The summed E-state index contributed by atoms with van der Waals surface area (Å²) in [5.74, 6) is -0.666. The number of carboxylic acids is 1. The summed E-state index contributed by atoms with van der Waals surface area (Å²) in [7, 11) is 0. The van der Waals surface area contributed by atoms with Gasteiger partial charge in [-0.25, -0.2) is 9.59 Å². The first-order valence-corrected chi connectivity index (χ1v) is 17.3. The standard InChI is InChI=1S/C38H42Cl2N4O5/c1-37(2,3)49-36(47)44-30-7-6-8-31(33(30)34(40)41-44)48-32-21-27(13-14-28(32)35(45)46)43-19-17-42(18-20-43)23-25-15-16-38(4,5)22-29(25)24-9-11-26(39)12-10-24/h6-14,21H,15-20,22-23H2,1-5H3,(H,45,46). The Labute approximate surface area is 297 Å². The number of piperazine rings is 1. The Morgan fingerprint density at radius 3 is 2.35 bits per heavy atom. The molecule has 1 aliphatic heterocycles. The molecule has 1 fully saturated rings. The average molecular weight is 706 g/mol. The molecule has 6 rings (SSSR count). The molecule has 1 N–H and O–H groups in total. The molecule has 0 unspecified atom stereocenters. The zero-order chi connectivity index (χ0) is 35.1. The monoisotopic (exact) mass is 704 g/mol. The fourth-order valence-corrected chi connectivity index (χ4v) is 7.00. The molecular weight excluding hydrogens is 663 g/mol. The Kier molecular flexibility index (Phi) is 9.72. The summed E-state index contributed by atoms with van der Waals surface area (Å²) < 4.78 is 12.9. The van der Waals surface area contributed by atoms with Crippen LogP contribution in [-0.4, -0.2) is 70.2 Å². The third kappa shape index (κ3) is 7.90. The van der Waals surface area contributed by atoms with E-state index in [2.05, 4.69) is 40.9 Å². The second-order valence-corrected chi connectivity index (χ2v) is 15.4. The molecule has 3 aromatic carbocycles. The third-order valence-electron chi connectivity index (χ3n) is 9.14. The van der Waals surface area contributed by atoms with Gasteiger partial charge in [0.05, 0.1) is 10.9 Å². The number of fused-ring (bicyclic) bond motifs is 1. The van der Waals surface area contributed by atoms with Gasteiger partial charge >= 0.3 is 12.1 Å². The van der Waals surface area contributed by atoms with Gasteiger partial charge in [0.1, 0.15) is 22.7 Å². The van der Waals surface area contributed by atoms with Crippen molar-refractivity contribution in [2.45, 2.75) is 59.5 Å². The molecule has 0 bridgehead atoms. The van der Waals surface area contributed by atoms with Crippen molar-refractivity contribution in [2.75, 3.05) is 37.6 Å². The lowest BCUT2D eigenvalue weighted by Gasteiger charge is -2.39. The molecule has 0 radical (unpaired) electrons. The van der Waals surface area contributed by atoms with E-state index in [1.54, 1.807) is 51.1 Å². The molecule has 2 aliphatic rings. The van der Waals surface area contributed by atoms with E-state index in [1.165, 1.54) is 23.1 Å². The number of hydrogen-bond donors (Lipinski definition) is 1. The number of aromatic nitrogens is 2.